The van der Waals surface area contributed by atoms with Crippen molar-refractivity contribution in [2.45, 2.75) is 74.7 Å². The summed E-state index contributed by atoms with van der Waals surface area (Å²) in [5.41, 5.74) is 3.77. The van der Waals surface area contributed by atoms with Crippen LogP contribution < -0.4 is 15.0 Å². The predicted molar refractivity (Wildman–Crippen MR) is 148 cm³/mol. The topological polar surface area (TPSA) is 66.4 Å². The van der Waals surface area contributed by atoms with Gasteiger partial charge in [0.2, 0.25) is 0 Å². The largest absolute Gasteiger partial charge is 0.461 e. The van der Waals surface area contributed by atoms with Crippen molar-refractivity contribution < 1.29 is 13.5 Å². The number of hydrogen-bond donors (Lipinski definition) is 1. The lowest BCUT2D eigenvalue weighted by atomic mass is 9.95. The van der Waals surface area contributed by atoms with Gasteiger partial charge in [-0.15, -0.1) is 0 Å². The molecule has 6 aliphatic rings. The van der Waals surface area contributed by atoms with Gasteiger partial charge in [0.05, 0.1) is 10.9 Å². The minimum atomic E-state index is -0.835. The Morgan fingerprint density at radius 1 is 1.12 bits per heavy atom. The molecule has 1 saturated carbocycles. The summed E-state index contributed by atoms with van der Waals surface area (Å²) in [4.78, 5) is 18.7. The number of nitrogens with zero attached hydrogens (tertiary/aromatic N) is 5. The van der Waals surface area contributed by atoms with Crippen LogP contribution in [0.1, 0.15) is 55.6 Å². The number of rotatable bonds is 5. The number of anilines is 1. The molecule has 0 spiro atoms. The SMILES string of the molecule is Fc1c(-c2cccc3c2CC2CC32)ncc2c(N3CC4CCC(C3)N4)nc(OC[C@@]34CCCN3C[C@H](F)C4)nc12. The van der Waals surface area contributed by atoms with E-state index in [1.165, 1.54) is 17.5 Å². The molecule has 4 unspecified atom stereocenters. The number of fused-ring (bicyclic) bond motifs is 7. The number of aromatic nitrogens is 3. The van der Waals surface area contributed by atoms with Gasteiger partial charge in [-0.2, -0.15) is 9.97 Å². The molecule has 7 nitrogen and oxygen atoms in total. The highest BCUT2D eigenvalue weighted by Crippen LogP contribution is 2.57. The monoisotopic (exact) mass is 544 g/mol. The van der Waals surface area contributed by atoms with E-state index >= 15 is 4.39 Å². The quantitative estimate of drug-likeness (QED) is 0.511. The van der Waals surface area contributed by atoms with Gasteiger partial charge in [-0.3, -0.25) is 9.88 Å². The standard InChI is InChI=1S/C31H34F2N6O/c32-18-11-31(7-2-8-39(31)13-18)16-40-30-36-28-25(29(37-30)38-14-19-5-6-20(15-38)35-19)12-34-27(26(28)33)22-4-1-3-21-23-9-17(23)10-24(21)22/h1,3-4,12,17-20,23,35H,2,5-11,13-16H2/t17?,18-,19?,20?,23?,31+/m1/s1. The molecule has 6 atom stereocenters. The second kappa shape index (κ2) is 8.55. The first-order valence-corrected chi connectivity index (χ1v) is 15.1. The van der Waals surface area contributed by atoms with Crippen molar-refractivity contribution >= 4 is 16.7 Å². The summed E-state index contributed by atoms with van der Waals surface area (Å²) in [7, 11) is 0. The van der Waals surface area contributed by atoms with Gasteiger partial charge in [0.25, 0.3) is 0 Å². The maximum absolute atomic E-state index is 16.5. The zero-order valence-corrected chi connectivity index (χ0v) is 22.6. The maximum atomic E-state index is 16.5. The molecule has 0 amide bonds. The van der Waals surface area contributed by atoms with E-state index in [0.29, 0.717) is 60.4 Å². The summed E-state index contributed by atoms with van der Waals surface area (Å²) in [6.45, 7) is 3.29. The zero-order chi connectivity index (χ0) is 26.6. The van der Waals surface area contributed by atoms with Gasteiger partial charge in [0, 0.05) is 49.9 Å². The molecule has 2 aliphatic carbocycles. The molecule has 6 heterocycles. The first-order valence-electron chi connectivity index (χ1n) is 15.1. The Hall–Kier alpha value is -2.91. The first-order chi connectivity index (χ1) is 19.5. The van der Waals surface area contributed by atoms with E-state index in [1.54, 1.807) is 6.20 Å². The van der Waals surface area contributed by atoms with Crippen LogP contribution in [0.25, 0.3) is 22.2 Å². The number of nitrogens with one attached hydrogen (secondary N) is 1. The lowest BCUT2D eigenvalue weighted by Gasteiger charge is -2.34. The maximum Gasteiger partial charge on any atom is 0.319 e. The van der Waals surface area contributed by atoms with E-state index in [1.807, 2.05) is 12.1 Å². The van der Waals surface area contributed by atoms with Crippen molar-refractivity contribution in [3.8, 4) is 17.3 Å². The van der Waals surface area contributed by atoms with Crippen molar-refractivity contribution in [3.63, 3.8) is 0 Å². The fraction of sp³-hybridized carbons (Fsp3) is 0.581. The van der Waals surface area contributed by atoms with Gasteiger partial charge in [-0.1, -0.05) is 18.2 Å². The Bertz CT molecular complexity index is 1520. The Balaban J connectivity index is 1.14. The molecule has 4 saturated heterocycles. The molecule has 9 rings (SSSR count). The Kier molecular flexibility index (Phi) is 5.08. The van der Waals surface area contributed by atoms with Crippen LogP contribution in [0, 0.1) is 11.7 Å². The van der Waals surface area contributed by atoms with Crippen molar-refractivity contribution in [1.29, 1.82) is 0 Å². The number of alkyl halides is 1. The van der Waals surface area contributed by atoms with Crippen LogP contribution in [-0.4, -0.2) is 76.4 Å². The molecule has 3 aromatic rings. The number of benzene rings is 1. The third-order valence-corrected chi connectivity index (χ3v) is 10.6. The summed E-state index contributed by atoms with van der Waals surface area (Å²) in [6, 6.07) is 7.19. The zero-order valence-electron chi connectivity index (χ0n) is 22.6. The first kappa shape index (κ1) is 23.8. The average Bonchev–Trinajstić information content (AvgIpc) is 3.18. The van der Waals surface area contributed by atoms with Crippen molar-refractivity contribution in [3.05, 3.63) is 41.3 Å². The van der Waals surface area contributed by atoms with E-state index in [2.05, 4.69) is 26.2 Å². The molecule has 208 valence electrons. The van der Waals surface area contributed by atoms with Crippen LogP contribution in [-0.2, 0) is 6.42 Å². The van der Waals surface area contributed by atoms with Gasteiger partial charge in [-0.25, -0.2) is 8.78 Å². The van der Waals surface area contributed by atoms with Crippen LogP contribution in [0.15, 0.2) is 24.4 Å². The number of ether oxygens (including phenoxy) is 1. The molecule has 1 aromatic carbocycles. The van der Waals surface area contributed by atoms with Crippen LogP contribution in [0.5, 0.6) is 6.01 Å². The van der Waals surface area contributed by atoms with Crippen LogP contribution in [0.3, 0.4) is 0 Å². The fourth-order valence-corrected chi connectivity index (χ4v) is 8.65. The van der Waals surface area contributed by atoms with Gasteiger partial charge in [0.1, 0.15) is 29.8 Å². The summed E-state index contributed by atoms with van der Waals surface area (Å²) in [6.07, 6.45) is 7.84. The van der Waals surface area contributed by atoms with Crippen molar-refractivity contribution in [2.75, 3.05) is 37.7 Å². The Morgan fingerprint density at radius 2 is 2.00 bits per heavy atom. The average molecular weight is 545 g/mol. The van der Waals surface area contributed by atoms with Crippen LogP contribution in [0.2, 0.25) is 0 Å². The van der Waals surface area contributed by atoms with Gasteiger partial charge in [0.15, 0.2) is 5.82 Å². The van der Waals surface area contributed by atoms with Gasteiger partial charge in [-0.05, 0) is 68.0 Å². The third-order valence-electron chi connectivity index (χ3n) is 10.6. The van der Waals surface area contributed by atoms with Gasteiger partial charge < -0.3 is 15.0 Å². The highest BCUT2D eigenvalue weighted by molar-refractivity contribution is 5.92. The van der Waals surface area contributed by atoms with E-state index in [0.717, 1.165) is 57.3 Å². The molecule has 5 fully saturated rings. The highest BCUT2D eigenvalue weighted by atomic mass is 19.1. The number of piperazine rings is 1. The predicted octanol–water partition coefficient (Wildman–Crippen LogP) is 4.39. The molecule has 2 aromatic heterocycles. The lowest BCUT2D eigenvalue weighted by molar-refractivity contribution is 0.107. The van der Waals surface area contributed by atoms with Crippen LogP contribution in [0.4, 0.5) is 14.6 Å². The van der Waals surface area contributed by atoms with E-state index in [-0.39, 0.29) is 17.1 Å². The minimum Gasteiger partial charge on any atom is -0.461 e. The fourth-order valence-electron chi connectivity index (χ4n) is 8.65. The normalized spacial score (nSPS) is 33.9. The molecule has 4 aliphatic heterocycles. The smallest absolute Gasteiger partial charge is 0.319 e. The second-order valence-corrected chi connectivity index (χ2v) is 13.1. The molecule has 40 heavy (non-hydrogen) atoms. The second-order valence-electron chi connectivity index (χ2n) is 13.1. The summed E-state index contributed by atoms with van der Waals surface area (Å²) >= 11 is 0. The summed E-state index contributed by atoms with van der Waals surface area (Å²) in [5.74, 6) is 1.60. The van der Waals surface area contributed by atoms with E-state index in [4.69, 9.17) is 14.7 Å². The van der Waals surface area contributed by atoms with Crippen molar-refractivity contribution in [1.82, 2.24) is 25.2 Å². The Labute approximate surface area is 232 Å². The molecule has 0 radical (unpaired) electrons. The van der Waals surface area contributed by atoms with E-state index in [9.17, 15) is 4.39 Å². The molecule has 9 heteroatoms. The molecular formula is C31H34F2N6O. The number of halogens is 2. The summed E-state index contributed by atoms with van der Waals surface area (Å²) < 4.78 is 37.2. The number of pyridine rings is 1. The Morgan fingerprint density at radius 3 is 2.88 bits per heavy atom. The summed E-state index contributed by atoms with van der Waals surface area (Å²) in [5, 5.41) is 4.29. The van der Waals surface area contributed by atoms with Gasteiger partial charge >= 0.3 is 6.01 Å². The molecular weight excluding hydrogens is 510 g/mol. The number of hydrogen-bond acceptors (Lipinski definition) is 7. The van der Waals surface area contributed by atoms with E-state index < -0.39 is 12.0 Å². The lowest BCUT2D eigenvalue weighted by Crippen LogP contribution is -2.51. The van der Waals surface area contributed by atoms with Crippen LogP contribution >= 0.6 is 0 Å². The molecule has 1 N–H and O–H groups in total. The minimum absolute atomic E-state index is 0.174. The van der Waals surface area contributed by atoms with Crippen molar-refractivity contribution in [2.24, 2.45) is 5.92 Å². The molecule has 2 bridgehead atoms. The third kappa shape index (κ3) is 3.56. The highest BCUT2D eigenvalue weighted by Gasteiger charge is 2.49.